The number of amides is 1. The lowest BCUT2D eigenvalue weighted by molar-refractivity contribution is -0.130. The van der Waals surface area contributed by atoms with Crippen LogP contribution in [-0.2, 0) is 24.9 Å². The number of likely N-dealkylation sites (tertiary alicyclic amines) is 1. The summed E-state index contributed by atoms with van der Waals surface area (Å²) in [5.41, 5.74) is 3.05. The van der Waals surface area contributed by atoms with Gasteiger partial charge in [0.25, 0.3) is 0 Å². The van der Waals surface area contributed by atoms with Gasteiger partial charge in [0.05, 0.1) is 0 Å². The van der Waals surface area contributed by atoms with Crippen LogP contribution in [-0.4, -0.2) is 39.4 Å². The van der Waals surface area contributed by atoms with E-state index in [0.29, 0.717) is 11.5 Å². The summed E-state index contributed by atoms with van der Waals surface area (Å²) in [4.78, 5) is 16.9. The highest BCUT2D eigenvalue weighted by atomic mass is 32.1. The molecule has 1 spiro atoms. The molecule has 2 fully saturated rings. The number of hydrogen-bond donors (Lipinski definition) is 0. The molecule has 1 atom stereocenters. The van der Waals surface area contributed by atoms with Gasteiger partial charge in [0, 0.05) is 45.5 Å². The molecule has 3 heterocycles. The number of hydrogen-bond acceptors (Lipinski definition) is 3. The van der Waals surface area contributed by atoms with Gasteiger partial charge in [-0.05, 0) is 71.8 Å². The Kier molecular flexibility index (Phi) is 4.46. The molecule has 0 radical (unpaired) electrons. The number of aromatic nitrogens is 1. The molecule has 134 valence electrons. The smallest absolute Gasteiger partial charge is 0.220 e. The van der Waals surface area contributed by atoms with Crippen molar-refractivity contribution in [2.24, 2.45) is 12.5 Å². The van der Waals surface area contributed by atoms with Crippen molar-refractivity contribution < 1.29 is 4.79 Å². The maximum Gasteiger partial charge on any atom is 0.220 e. The van der Waals surface area contributed by atoms with Gasteiger partial charge in [0.1, 0.15) is 0 Å². The Balaban J connectivity index is 1.34. The molecule has 1 unspecified atom stereocenters. The molecule has 2 aromatic heterocycles. The van der Waals surface area contributed by atoms with E-state index in [-0.39, 0.29) is 5.91 Å². The molecule has 0 aromatic carbocycles. The first-order valence-corrected chi connectivity index (χ1v) is 10.1. The Hall–Kier alpha value is -1.59. The molecule has 5 heteroatoms. The molecule has 0 N–H and O–H groups in total. The third-order valence-corrected chi connectivity index (χ3v) is 6.74. The molecule has 25 heavy (non-hydrogen) atoms. The van der Waals surface area contributed by atoms with Crippen LogP contribution in [0.3, 0.4) is 0 Å². The van der Waals surface area contributed by atoms with Crippen molar-refractivity contribution >= 4 is 17.2 Å². The van der Waals surface area contributed by atoms with Crippen molar-refractivity contribution in [2.75, 3.05) is 13.1 Å². The molecule has 2 aliphatic rings. The van der Waals surface area contributed by atoms with Gasteiger partial charge in [0.2, 0.25) is 5.91 Å². The van der Waals surface area contributed by atoms with Crippen molar-refractivity contribution in [3.8, 4) is 0 Å². The van der Waals surface area contributed by atoms with Gasteiger partial charge in [-0.25, -0.2) is 0 Å². The van der Waals surface area contributed by atoms with Crippen LogP contribution >= 0.6 is 11.3 Å². The minimum atomic E-state index is 0.222. The van der Waals surface area contributed by atoms with Crippen LogP contribution in [0.4, 0.5) is 0 Å². The molecular weight excluding hydrogens is 330 g/mol. The maximum absolute atomic E-state index is 12.2. The second-order valence-electron chi connectivity index (χ2n) is 7.82. The average Bonchev–Trinajstić information content (AvgIpc) is 2.94. The molecule has 1 amide bonds. The normalized spacial score (nSPS) is 22.2. The van der Waals surface area contributed by atoms with Gasteiger partial charge in [-0.15, -0.1) is 0 Å². The monoisotopic (exact) mass is 357 g/mol. The topological polar surface area (TPSA) is 28.5 Å². The summed E-state index contributed by atoms with van der Waals surface area (Å²) in [7, 11) is 2.08. The Morgan fingerprint density at radius 1 is 1.32 bits per heavy atom. The fourth-order valence-corrected chi connectivity index (χ4v) is 5.05. The molecular formula is C20H27N3OS. The highest BCUT2D eigenvalue weighted by molar-refractivity contribution is 7.07. The number of thiophene rings is 1. The minimum absolute atomic E-state index is 0.222. The van der Waals surface area contributed by atoms with E-state index >= 15 is 0 Å². The lowest BCUT2D eigenvalue weighted by Gasteiger charge is -2.34. The molecule has 4 nitrogen and oxygen atoms in total. The summed E-state index contributed by atoms with van der Waals surface area (Å²) in [6, 6.07) is 4.80. The zero-order chi connectivity index (χ0) is 17.4. The highest BCUT2D eigenvalue weighted by Crippen LogP contribution is 2.57. The van der Waals surface area contributed by atoms with Crippen LogP contribution in [0, 0.1) is 5.41 Å². The van der Waals surface area contributed by atoms with Crippen molar-refractivity contribution in [1.29, 1.82) is 0 Å². The van der Waals surface area contributed by atoms with E-state index in [9.17, 15) is 4.79 Å². The van der Waals surface area contributed by atoms with Crippen LogP contribution in [0.2, 0.25) is 0 Å². The van der Waals surface area contributed by atoms with Gasteiger partial charge < -0.3 is 9.47 Å². The molecule has 0 bridgehead atoms. The number of piperidine rings is 1. The van der Waals surface area contributed by atoms with Gasteiger partial charge >= 0.3 is 0 Å². The van der Waals surface area contributed by atoms with E-state index in [1.165, 1.54) is 30.4 Å². The molecule has 2 aromatic rings. The lowest BCUT2D eigenvalue weighted by Crippen LogP contribution is -2.39. The van der Waals surface area contributed by atoms with E-state index in [0.717, 1.165) is 26.2 Å². The fourth-order valence-electron chi connectivity index (χ4n) is 4.39. The summed E-state index contributed by atoms with van der Waals surface area (Å²) >= 11 is 1.71. The number of rotatable bonds is 5. The van der Waals surface area contributed by atoms with Crippen LogP contribution in [0.25, 0.3) is 0 Å². The first-order valence-electron chi connectivity index (χ1n) is 9.17. The van der Waals surface area contributed by atoms with Crippen molar-refractivity contribution in [3.63, 3.8) is 0 Å². The Labute approximate surface area is 154 Å². The van der Waals surface area contributed by atoms with E-state index in [4.69, 9.17) is 0 Å². The second-order valence-corrected chi connectivity index (χ2v) is 8.60. The summed E-state index contributed by atoms with van der Waals surface area (Å²) in [5, 5.41) is 4.26. The van der Waals surface area contributed by atoms with Crippen LogP contribution in [0.1, 0.15) is 37.3 Å². The van der Waals surface area contributed by atoms with Gasteiger partial charge in [0.15, 0.2) is 0 Å². The van der Waals surface area contributed by atoms with E-state index in [1.807, 2.05) is 0 Å². The zero-order valence-corrected chi connectivity index (χ0v) is 16.0. The molecule has 4 rings (SSSR count). The van der Waals surface area contributed by atoms with Gasteiger partial charge in [-0.2, -0.15) is 11.3 Å². The number of aryl methyl sites for hydroxylation is 1. The summed E-state index contributed by atoms with van der Waals surface area (Å²) in [6.07, 6.45) is 7.96. The second kappa shape index (κ2) is 6.61. The molecule has 1 saturated heterocycles. The summed E-state index contributed by atoms with van der Waals surface area (Å²) in [5.74, 6) is 0.222. The first kappa shape index (κ1) is 16.9. The number of nitrogens with zero attached hydrogens (tertiary/aromatic N) is 3. The standard InChI is InChI=1S/C20H27N3OS/c1-16(24)23(14-18-4-10-25-15-18)19-11-20(19)5-8-22(9-6-20)13-17-3-7-21(2)12-17/h3-4,7,10,12,15,19H,5-6,8-9,11,13-14H2,1-2H3. The maximum atomic E-state index is 12.2. The number of carbonyl (C=O) groups excluding carboxylic acids is 1. The van der Waals surface area contributed by atoms with E-state index in [2.05, 4.69) is 56.7 Å². The fraction of sp³-hybridized carbons (Fsp3) is 0.550. The highest BCUT2D eigenvalue weighted by Gasteiger charge is 2.58. The Morgan fingerprint density at radius 3 is 2.72 bits per heavy atom. The van der Waals surface area contributed by atoms with Crippen molar-refractivity contribution in [2.45, 2.75) is 45.3 Å². The Bertz CT molecular complexity index is 728. The van der Waals surface area contributed by atoms with E-state index in [1.54, 1.807) is 18.3 Å². The molecule has 1 saturated carbocycles. The predicted octanol–water partition coefficient (Wildman–Crippen LogP) is 3.49. The lowest BCUT2D eigenvalue weighted by atomic mass is 9.92. The zero-order valence-electron chi connectivity index (χ0n) is 15.1. The average molecular weight is 358 g/mol. The van der Waals surface area contributed by atoms with Crippen LogP contribution in [0.5, 0.6) is 0 Å². The minimum Gasteiger partial charge on any atom is -0.357 e. The number of carbonyl (C=O) groups is 1. The quantitative estimate of drug-likeness (QED) is 0.819. The van der Waals surface area contributed by atoms with E-state index < -0.39 is 0 Å². The summed E-state index contributed by atoms with van der Waals surface area (Å²) in [6.45, 7) is 5.85. The largest absolute Gasteiger partial charge is 0.357 e. The van der Waals surface area contributed by atoms with Crippen LogP contribution < -0.4 is 0 Å². The molecule has 1 aliphatic carbocycles. The third-order valence-electron chi connectivity index (χ3n) is 6.01. The summed E-state index contributed by atoms with van der Waals surface area (Å²) < 4.78 is 2.12. The molecule has 1 aliphatic heterocycles. The Morgan fingerprint density at radius 2 is 2.12 bits per heavy atom. The van der Waals surface area contributed by atoms with Gasteiger partial charge in [-0.3, -0.25) is 9.69 Å². The van der Waals surface area contributed by atoms with Crippen molar-refractivity contribution in [1.82, 2.24) is 14.4 Å². The third kappa shape index (κ3) is 3.53. The SMILES string of the molecule is CC(=O)N(Cc1ccsc1)C1CC12CCN(Cc1ccn(C)c1)CC2. The predicted molar refractivity (Wildman–Crippen MR) is 101 cm³/mol. The van der Waals surface area contributed by atoms with Gasteiger partial charge in [-0.1, -0.05) is 0 Å². The van der Waals surface area contributed by atoms with Crippen LogP contribution in [0.15, 0.2) is 35.3 Å². The first-order chi connectivity index (χ1) is 12.1. The van der Waals surface area contributed by atoms with Crippen molar-refractivity contribution in [3.05, 3.63) is 46.4 Å².